The Morgan fingerprint density at radius 3 is 2.45 bits per heavy atom. The molecule has 1 aliphatic rings. The lowest BCUT2D eigenvalue weighted by Crippen LogP contribution is -2.59. The number of amides is 2. The Balaban J connectivity index is 3.20. The quantitative estimate of drug-likeness (QED) is 0.449. The number of nitrogens with one attached hydrogen (secondary N) is 1. The number of nitrogens with zero attached hydrogens (tertiary/aromatic N) is 1. The molecule has 0 radical (unpaired) electrons. The molecule has 1 fully saturated rings. The van der Waals surface area contributed by atoms with Gasteiger partial charge in [0.15, 0.2) is 0 Å². The molecule has 1 unspecified atom stereocenters. The molecule has 1 aliphatic heterocycles. The molecule has 3 N–H and O–H groups in total. The zero-order chi connectivity index (χ0) is 24.0. The summed E-state index contributed by atoms with van der Waals surface area (Å²) < 4.78 is 5.37. The average Bonchev–Trinajstić information content (AvgIpc) is 2.96. The minimum atomic E-state index is -1.53. The molecule has 1 heterocycles. The summed E-state index contributed by atoms with van der Waals surface area (Å²) in [6.45, 7) is 14.3. The van der Waals surface area contributed by atoms with E-state index < -0.39 is 41.3 Å². The molecule has 0 spiro atoms. The Morgan fingerprint density at radius 1 is 1.35 bits per heavy atom. The SMILES string of the molecule is C=CCCC(C)C[C@@H](CC)[C@H](NC(=O)OC(C)(C)C)C(=O)N1C[C@H](O)C[C@@]1(C)C(=O)O. The fourth-order valence-electron chi connectivity index (χ4n) is 4.14. The van der Waals surface area contributed by atoms with Crippen molar-refractivity contribution in [3.8, 4) is 0 Å². The summed E-state index contributed by atoms with van der Waals surface area (Å²) in [5, 5.41) is 22.6. The van der Waals surface area contributed by atoms with Gasteiger partial charge in [-0.25, -0.2) is 9.59 Å². The number of hydrogen-bond acceptors (Lipinski definition) is 5. The molecule has 0 bridgehead atoms. The maximum absolute atomic E-state index is 13.6. The number of β-amino-alcohol motifs (C(OH)–C–C–N with tert-alkyl or cyclic N) is 1. The summed E-state index contributed by atoms with van der Waals surface area (Å²) in [4.78, 5) is 39.2. The molecule has 178 valence electrons. The third-order valence-electron chi connectivity index (χ3n) is 5.85. The third kappa shape index (κ3) is 7.52. The molecule has 31 heavy (non-hydrogen) atoms. The molecular formula is C23H40N2O6. The van der Waals surface area contributed by atoms with E-state index in [0.717, 1.165) is 12.8 Å². The summed E-state index contributed by atoms with van der Waals surface area (Å²) in [6, 6.07) is -0.949. The Bertz CT molecular complexity index is 659. The number of alkyl carbamates (subject to hydrolysis) is 1. The first-order valence-corrected chi connectivity index (χ1v) is 11.1. The highest BCUT2D eigenvalue weighted by Gasteiger charge is 2.52. The second-order valence-electron chi connectivity index (χ2n) is 9.88. The van der Waals surface area contributed by atoms with Gasteiger partial charge in [-0.3, -0.25) is 4.79 Å². The van der Waals surface area contributed by atoms with Crippen molar-refractivity contribution in [1.29, 1.82) is 0 Å². The summed E-state index contributed by atoms with van der Waals surface area (Å²) in [5.41, 5.74) is -2.27. The van der Waals surface area contributed by atoms with Crippen molar-refractivity contribution in [2.75, 3.05) is 6.54 Å². The van der Waals surface area contributed by atoms with Gasteiger partial charge in [-0.1, -0.05) is 26.3 Å². The first-order chi connectivity index (χ1) is 14.2. The minimum Gasteiger partial charge on any atom is -0.480 e. The van der Waals surface area contributed by atoms with E-state index in [1.54, 1.807) is 20.8 Å². The highest BCUT2D eigenvalue weighted by atomic mass is 16.6. The van der Waals surface area contributed by atoms with Crippen LogP contribution in [0.2, 0.25) is 0 Å². The Hall–Kier alpha value is -2.09. The minimum absolute atomic E-state index is 0.0558. The normalized spacial score (nSPS) is 24.2. The number of rotatable bonds is 10. The molecule has 8 heteroatoms. The number of hydrogen-bond donors (Lipinski definition) is 3. The van der Waals surface area contributed by atoms with Crippen LogP contribution in [0, 0.1) is 11.8 Å². The van der Waals surface area contributed by atoms with Gasteiger partial charge in [0.05, 0.1) is 6.10 Å². The van der Waals surface area contributed by atoms with Crippen molar-refractivity contribution in [3.63, 3.8) is 0 Å². The average molecular weight is 441 g/mol. The fourth-order valence-corrected chi connectivity index (χ4v) is 4.14. The highest BCUT2D eigenvalue weighted by Crippen LogP contribution is 2.33. The molecule has 5 atom stereocenters. The molecule has 0 aromatic heterocycles. The standard InChI is InChI=1S/C23H40N2O6/c1-8-10-11-15(3)12-16(9-2)18(24-21(30)31-22(4,5)6)19(27)25-14-17(26)13-23(25,7)20(28)29/h8,15-18,26H,1,9-14H2,2-7H3,(H,24,30)(H,28,29)/t15?,16-,17-,18+,23+/m1/s1. The number of ether oxygens (including phenoxy) is 1. The second-order valence-corrected chi connectivity index (χ2v) is 9.88. The van der Waals surface area contributed by atoms with Crippen LogP contribution in [0.4, 0.5) is 4.79 Å². The molecule has 2 amide bonds. The zero-order valence-corrected chi connectivity index (χ0v) is 19.8. The van der Waals surface area contributed by atoms with Crippen LogP contribution in [-0.4, -0.2) is 62.9 Å². The van der Waals surface area contributed by atoms with E-state index in [4.69, 9.17) is 4.74 Å². The smallest absolute Gasteiger partial charge is 0.408 e. The number of carboxylic acids is 1. The van der Waals surface area contributed by atoms with Crippen molar-refractivity contribution in [2.45, 2.75) is 96.9 Å². The number of aliphatic hydroxyl groups excluding tert-OH is 1. The maximum atomic E-state index is 13.6. The largest absolute Gasteiger partial charge is 0.480 e. The van der Waals surface area contributed by atoms with Gasteiger partial charge >= 0.3 is 12.1 Å². The zero-order valence-electron chi connectivity index (χ0n) is 19.8. The van der Waals surface area contributed by atoms with Crippen molar-refractivity contribution in [1.82, 2.24) is 10.2 Å². The van der Waals surface area contributed by atoms with Crippen LogP contribution in [-0.2, 0) is 14.3 Å². The molecule has 0 aliphatic carbocycles. The predicted octanol–water partition coefficient (Wildman–Crippen LogP) is 3.33. The van der Waals surface area contributed by atoms with E-state index >= 15 is 0 Å². The van der Waals surface area contributed by atoms with E-state index in [0.29, 0.717) is 12.8 Å². The number of likely N-dealkylation sites (tertiary alicyclic amines) is 1. The molecule has 1 saturated heterocycles. The fraction of sp³-hybridized carbons (Fsp3) is 0.783. The lowest BCUT2D eigenvalue weighted by Gasteiger charge is -2.37. The van der Waals surface area contributed by atoms with Gasteiger partial charge in [-0.15, -0.1) is 6.58 Å². The first-order valence-electron chi connectivity index (χ1n) is 11.1. The van der Waals surface area contributed by atoms with Crippen molar-refractivity contribution >= 4 is 18.0 Å². The molecule has 0 aromatic rings. The summed E-state index contributed by atoms with van der Waals surface area (Å²) >= 11 is 0. The number of aliphatic hydroxyl groups is 1. The summed E-state index contributed by atoms with van der Waals surface area (Å²) in [7, 11) is 0. The third-order valence-corrected chi connectivity index (χ3v) is 5.85. The van der Waals surface area contributed by atoms with Crippen LogP contribution in [0.5, 0.6) is 0 Å². The summed E-state index contributed by atoms with van der Waals surface area (Å²) in [6.07, 6.45) is 3.19. The van der Waals surface area contributed by atoms with E-state index in [1.807, 2.05) is 13.0 Å². The number of allylic oxidation sites excluding steroid dienone is 1. The molecule has 8 nitrogen and oxygen atoms in total. The number of aliphatic carboxylic acids is 1. The number of carbonyl (C=O) groups excluding carboxylic acids is 2. The van der Waals surface area contributed by atoms with E-state index in [-0.39, 0.29) is 24.8 Å². The van der Waals surface area contributed by atoms with Crippen LogP contribution in [0.15, 0.2) is 12.7 Å². The van der Waals surface area contributed by atoms with Crippen LogP contribution in [0.25, 0.3) is 0 Å². The van der Waals surface area contributed by atoms with Crippen LogP contribution in [0.3, 0.4) is 0 Å². The van der Waals surface area contributed by atoms with E-state index in [9.17, 15) is 24.6 Å². The lowest BCUT2D eigenvalue weighted by atomic mass is 9.84. The Morgan fingerprint density at radius 2 is 1.97 bits per heavy atom. The molecule has 0 saturated carbocycles. The second kappa shape index (κ2) is 11.0. The topological polar surface area (TPSA) is 116 Å². The first kappa shape index (κ1) is 26.9. The molecule has 1 rings (SSSR count). The van der Waals surface area contributed by atoms with Gasteiger partial charge in [0.1, 0.15) is 17.2 Å². The van der Waals surface area contributed by atoms with Crippen molar-refractivity contribution in [2.24, 2.45) is 11.8 Å². The van der Waals surface area contributed by atoms with Crippen LogP contribution >= 0.6 is 0 Å². The van der Waals surface area contributed by atoms with Gasteiger partial charge in [0.2, 0.25) is 5.91 Å². The van der Waals surface area contributed by atoms with Crippen molar-refractivity contribution < 1.29 is 29.3 Å². The van der Waals surface area contributed by atoms with Gasteiger partial charge in [0.25, 0.3) is 0 Å². The number of carbonyl (C=O) groups is 3. The van der Waals surface area contributed by atoms with Gasteiger partial charge in [0, 0.05) is 13.0 Å². The van der Waals surface area contributed by atoms with Crippen LogP contribution < -0.4 is 5.32 Å². The Kier molecular flexibility index (Phi) is 9.54. The monoisotopic (exact) mass is 440 g/mol. The van der Waals surface area contributed by atoms with E-state index in [2.05, 4.69) is 18.8 Å². The molecular weight excluding hydrogens is 400 g/mol. The van der Waals surface area contributed by atoms with Gasteiger partial charge < -0.3 is 25.2 Å². The maximum Gasteiger partial charge on any atom is 0.408 e. The van der Waals surface area contributed by atoms with Gasteiger partial charge in [-0.05, 0) is 58.8 Å². The highest BCUT2D eigenvalue weighted by molar-refractivity contribution is 5.92. The predicted molar refractivity (Wildman–Crippen MR) is 119 cm³/mol. The Labute approximate surface area is 186 Å². The van der Waals surface area contributed by atoms with Crippen LogP contribution in [0.1, 0.15) is 73.6 Å². The lowest BCUT2D eigenvalue weighted by molar-refractivity contribution is -0.156. The van der Waals surface area contributed by atoms with Gasteiger partial charge in [-0.2, -0.15) is 0 Å². The van der Waals surface area contributed by atoms with E-state index in [1.165, 1.54) is 11.8 Å². The summed E-state index contributed by atoms with van der Waals surface area (Å²) in [5.74, 6) is -1.61. The number of carboxylic acid groups (broad SMARTS) is 1. The molecule has 0 aromatic carbocycles. The van der Waals surface area contributed by atoms with Crippen molar-refractivity contribution in [3.05, 3.63) is 12.7 Å².